The van der Waals surface area contributed by atoms with Crippen LogP contribution in [0, 0.1) is 0 Å². The summed E-state index contributed by atoms with van der Waals surface area (Å²) < 4.78 is 10.1. The van der Waals surface area contributed by atoms with Gasteiger partial charge < -0.3 is 14.6 Å². The number of halogens is 3. The Bertz CT molecular complexity index is 149. The molecule has 1 fully saturated rings. The number of aliphatic hydroxyl groups excluding tert-OH is 1. The SMILES string of the molecule is CO[C@H]1O[C@@H](CCl)[C@@H](Cl)[C@@H](Cl)[C@H]1O. The maximum absolute atomic E-state index is 9.51. The van der Waals surface area contributed by atoms with Gasteiger partial charge in [-0.05, 0) is 0 Å². The molecule has 0 spiro atoms. The van der Waals surface area contributed by atoms with Crippen LogP contribution in [0.4, 0.5) is 0 Å². The molecule has 1 heterocycles. The quantitative estimate of drug-likeness (QED) is 0.747. The van der Waals surface area contributed by atoms with Gasteiger partial charge in [0, 0.05) is 7.11 Å². The van der Waals surface area contributed by atoms with Crippen molar-refractivity contribution in [3.8, 4) is 0 Å². The topological polar surface area (TPSA) is 38.7 Å². The van der Waals surface area contributed by atoms with E-state index in [-0.39, 0.29) is 12.0 Å². The molecule has 1 N–H and O–H groups in total. The molecule has 0 radical (unpaired) electrons. The van der Waals surface area contributed by atoms with Crippen molar-refractivity contribution >= 4 is 34.8 Å². The Morgan fingerprint density at radius 2 is 2.00 bits per heavy atom. The highest BCUT2D eigenvalue weighted by Crippen LogP contribution is 2.29. The predicted octanol–water partition coefficient (Wildman–Crippen LogP) is 1.17. The molecule has 0 aromatic rings. The lowest BCUT2D eigenvalue weighted by Gasteiger charge is -2.38. The zero-order valence-electron chi connectivity index (χ0n) is 6.99. The minimum Gasteiger partial charge on any atom is -0.386 e. The average molecular weight is 250 g/mol. The van der Waals surface area contributed by atoms with Crippen molar-refractivity contribution in [2.24, 2.45) is 0 Å². The van der Waals surface area contributed by atoms with Crippen LogP contribution in [-0.2, 0) is 9.47 Å². The first-order valence-electron chi connectivity index (χ1n) is 3.82. The van der Waals surface area contributed by atoms with Crippen LogP contribution >= 0.6 is 34.8 Å². The van der Waals surface area contributed by atoms with E-state index in [0.717, 1.165) is 0 Å². The van der Waals surface area contributed by atoms with Crippen LogP contribution in [0.2, 0.25) is 0 Å². The zero-order chi connectivity index (χ0) is 10.0. The second-order valence-electron chi connectivity index (χ2n) is 2.81. The molecular weight excluding hydrogens is 238 g/mol. The van der Waals surface area contributed by atoms with Crippen molar-refractivity contribution in [1.29, 1.82) is 0 Å². The van der Waals surface area contributed by atoms with E-state index in [9.17, 15) is 5.11 Å². The molecule has 0 saturated carbocycles. The third kappa shape index (κ3) is 2.41. The maximum atomic E-state index is 9.51. The first kappa shape index (κ1) is 11.8. The Kier molecular flexibility index (Phi) is 4.55. The molecule has 0 unspecified atom stereocenters. The Hall–Kier alpha value is 0.750. The monoisotopic (exact) mass is 248 g/mol. The molecule has 78 valence electrons. The molecule has 0 aromatic carbocycles. The Balaban J connectivity index is 2.66. The van der Waals surface area contributed by atoms with E-state index in [0.29, 0.717) is 0 Å². The minimum absolute atomic E-state index is 0.226. The third-order valence-corrected chi connectivity index (χ3v) is 3.47. The fraction of sp³-hybridized carbons (Fsp3) is 1.00. The molecule has 5 atom stereocenters. The molecular formula is C7H11Cl3O3. The summed E-state index contributed by atoms with van der Waals surface area (Å²) in [5, 5.41) is 8.40. The minimum atomic E-state index is -0.923. The van der Waals surface area contributed by atoms with Gasteiger partial charge in [-0.3, -0.25) is 0 Å². The van der Waals surface area contributed by atoms with Crippen LogP contribution in [-0.4, -0.2) is 47.3 Å². The summed E-state index contributed by atoms with van der Waals surface area (Å²) in [6.07, 6.45) is -2.06. The highest BCUT2D eigenvalue weighted by atomic mass is 35.5. The van der Waals surface area contributed by atoms with Crippen LogP contribution < -0.4 is 0 Å². The van der Waals surface area contributed by atoms with Crippen LogP contribution in [0.25, 0.3) is 0 Å². The molecule has 1 aliphatic heterocycles. The molecule has 1 saturated heterocycles. The summed E-state index contributed by atoms with van der Waals surface area (Å²) >= 11 is 17.4. The van der Waals surface area contributed by atoms with Gasteiger partial charge in [-0.15, -0.1) is 34.8 Å². The van der Waals surface area contributed by atoms with E-state index >= 15 is 0 Å². The van der Waals surface area contributed by atoms with E-state index in [1.165, 1.54) is 7.11 Å². The predicted molar refractivity (Wildman–Crippen MR) is 51.7 cm³/mol. The van der Waals surface area contributed by atoms with E-state index < -0.39 is 23.1 Å². The van der Waals surface area contributed by atoms with Gasteiger partial charge in [-0.25, -0.2) is 0 Å². The largest absolute Gasteiger partial charge is 0.386 e. The molecule has 13 heavy (non-hydrogen) atoms. The lowest BCUT2D eigenvalue weighted by atomic mass is 10.1. The van der Waals surface area contributed by atoms with Gasteiger partial charge in [0.05, 0.1) is 22.7 Å². The second-order valence-corrected chi connectivity index (χ2v) is 4.13. The molecule has 0 aliphatic carbocycles. The fourth-order valence-corrected chi connectivity index (χ4v) is 2.12. The van der Waals surface area contributed by atoms with Gasteiger partial charge in [0.15, 0.2) is 6.29 Å². The van der Waals surface area contributed by atoms with Gasteiger partial charge in [-0.1, -0.05) is 0 Å². The molecule has 0 aromatic heterocycles. The van der Waals surface area contributed by atoms with E-state index in [1.54, 1.807) is 0 Å². The summed E-state index contributed by atoms with van der Waals surface area (Å²) in [5.41, 5.74) is 0. The summed E-state index contributed by atoms with van der Waals surface area (Å²) in [6.45, 7) is 0. The van der Waals surface area contributed by atoms with Crippen molar-refractivity contribution in [3.63, 3.8) is 0 Å². The second kappa shape index (κ2) is 5.01. The Morgan fingerprint density at radius 1 is 1.38 bits per heavy atom. The van der Waals surface area contributed by atoms with Crippen molar-refractivity contribution < 1.29 is 14.6 Å². The lowest BCUT2D eigenvalue weighted by Crippen LogP contribution is -2.54. The standard InChI is InChI=1S/C7H11Cl3O3/c1-12-7-6(11)5(10)4(9)3(2-8)13-7/h3-7,11H,2H2,1H3/t3-,4+,5+,6+,7-/m0/s1. The average Bonchev–Trinajstić information content (AvgIpc) is 2.15. The highest BCUT2D eigenvalue weighted by Gasteiger charge is 2.43. The molecule has 1 aliphatic rings. The number of aliphatic hydroxyl groups is 1. The molecule has 6 heteroatoms. The van der Waals surface area contributed by atoms with Gasteiger partial charge in [0.1, 0.15) is 6.10 Å². The van der Waals surface area contributed by atoms with Crippen LogP contribution in [0.5, 0.6) is 0 Å². The zero-order valence-corrected chi connectivity index (χ0v) is 9.26. The number of ether oxygens (including phenoxy) is 2. The summed E-state index contributed by atoms with van der Waals surface area (Å²) in [5.74, 6) is 0.226. The number of alkyl halides is 3. The third-order valence-electron chi connectivity index (χ3n) is 1.96. The van der Waals surface area contributed by atoms with Gasteiger partial charge in [0.25, 0.3) is 0 Å². The van der Waals surface area contributed by atoms with Gasteiger partial charge >= 0.3 is 0 Å². The summed E-state index contributed by atoms with van der Waals surface area (Å²) in [7, 11) is 1.43. The van der Waals surface area contributed by atoms with Gasteiger partial charge in [-0.2, -0.15) is 0 Å². The number of hydrogen-bond acceptors (Lipinski definition) is 3. The molecule has 1 rings (SSSR count). The number of hydrogen-bond donors (Lipinski definition) is 1. The summed E-state index contributed by atoms with van der Waals surface area (Å²) in [6, 6.07) is 0. The van der Waals surface area contributed by atoms with E-state index in [2.05, 4.69) is 0 Å². The smallest absolute Gasteiger partial charge is 0.185 e. The Labute approximate surface area is 91.9 Å². The van der Waals surface area contributed by atoms with E-state index in [4.69, 9.17) is 44.3 Å². The van der Waals surface area contributed by atoms with E-state index in [1.807, 2.05) is 0 Å². The van der Waals surface area contributed by atoms with Crippen molar-refractivity contribution in [2.45, 2.75) is 29.3 Å². The van der Waals surface area contributed by atoms with Crippen LogP contribution in [0.1, 0.15) is 0 Å². The van der Waals surface area contributed by atoms with Gasteiger partial charge in [0.2, 0.25) is 0 Å². The fourth-order valence-electron chi connectivity index (χ4n) is 1.19. The normalized spacial score (nSPS) is 46.4. The summed E-state index contributed by atoms with van der Waals surface area (Å²) in [4.78, 5) is 0. The highest BCUT2D eigenvalue weighted by molar-refractivity contribution is 6.31. The van der Waals surface area contributed by atoms with Crippen LogP contribution in [0.15, 0.2) is 0 Å². The molecule has 0 bridgehead atoms. The number of methoxy groups -OCH3 is 1. The maximum Gasteiger partial charge on any atom is 0.185 e. The van der Waals surface area contributed by atoms with Crippen LogP contribution in [0.3, 0.4) is 0 Å². The lowest BCUT2D eigenvalue weighted by molar-refractivity contribution is -0.220. The number of rotatable bonds is 2. The van der Waals surface area contributed by atoms with Crippen molar-refractivity contribution in [3.05, 3.63) is 0 Å². The first-order chi connectivity index (χ1) is 6.11. The van der Waals surface area contributed by atoms with Crippen molar-refractivity contribution in [2.75, 3.05) is 13.0 Å². The first-order valence-corrected chi connectivity index (χ1v) is 5.23. The molecule has 0 amide bonds. The van der Waals surface area contributed by atoms with Crippen molar-refractivity contribution in [1.82, 2.24) is 0 Å². The molecule has 3 nitrogen and oxygen atoms in total. The Morgan fingerprint density at radius 3 is 2.46 bits per heavy atom.